The van der Waals surface area contributed by atoms with Crippen LogP contribution >= 0.6 is 0 Å². The van der Waals surface area contributed by atoms with Gasteiger partial charge in [0.25, 0.3) is 0 Å². The summed E-state index contributed by atoms with van der Waals surface area (Å²) in [5, 5.41) is 4.16. The second kappa shape index (κ2) is 4.09. The Kier molecular flexibility index (Phi) is 2.63. The van der Waals surface area contributed by atoms with Gasteiger partial charge in [-0.3, -0.25) is 4.79 Å². The standard InChI is InChI=1S/C12H12N2O/c1-2-10-5-3-6-11(9-15)12(10)14-8-4-7-13-14/h3-9H,2H2,1H3. The van der Waals surface area contributed by atoms with Crippen molar-refractivity contribution in [2.45, 2.75) is 13.3 Å². The van der Waals surface area contributed by atoms with E-state index < -0.39 is 0 Å². The van der Waals surface area contributed by atoms with Gasteiger partial charge >= 0.3 is 0 Å². The molecule has 1 heterocycles. The molecule has 15 heavy (non-hydrogen) atoms. The third kappa shape index (κ3) is 1.68. The summed E-state index contributed by atoms with van der Waals surface area (Å²) in [5.41, 5.74) is 2.70. The third-order valence-corrected chi connectivity index (χ3v) is 2.39. The normalized spacial score (nSPS) is 10.2. The highest BCUT2D eigenvalue weighted by molar-refractivity contribution is 5.81. The number of carbonyl (C=O) groups is 1. The molecule has 3 heteroatoms. The van der Waals surface area contributed by atoms with E-state index in [9.17, 15) is 4.79 Å². The number of nitrogens with zero attached hydrogens (tertiary/aromatic N) is 2. The summed E-state index contributed by atoms with van der Waals surface area (Å²) in [4.78, 5) is 10.9. The number of carbonyl (C=O) groups excluding carboxylic acids is 1. The molecule has 2 aromatic rings. The number of hydrogen-bond acceptors (Lipinski definition) is 2. The van der Waals surface area contributed by atoms with Crippen LogP contribution in [0.25, 0.3) is 5.69 Å². The van der Waals surface area contributed by atoms with Crippen molar-refractivity contribution >= 4 is 6.29 Å². The summed E-state index contributed by atoms with van der Waals surface area (Å²) in [6.45, 7) is 2.07. The van der Waals surface area contributed by atoms with Crippen LogP contribution in [0.1, 0.15) is 22.8 Å². The number of hydrogen-bond donors (Lipinski definition) is 0. The van der Waals surface area contributed by atoms with E-state index in [1.54, 1.807) is 10.9 Å². The van der Waals surface area contributed by atoms with Gasteiger partial charge in [0.2, 0.25) is 0 Å². The molecule has 0 unspecified atom stereocenters. The monoisotopic (exact) mass is 200 g/mol. The van der Waals surface area contributed by atoms with Gasteiger partial charge in [0.05, 0.1) is 5.69 Å². The first-order valence-electron chi connectivity index (χ1n) is 4.94. The largest absolute Gasteiger partial charge is 0.298 e. The summed E-state index contributed by atoms with van der Waals surface area (Å²) < 4.78 is 1.74. The van der Waals surface area contributed by atoms with Crippen LogP contribution in [0.3, 0.4) is 0 Å². The average molecular weight is 200 g/mol. The van der Waals surface area contributed by atoms with Gasteiger partial charge in [0.1, 0.15) is 0 Å². The SMILES string of the molecule is CCc1cccc(C=O)c1-n1cccn1. The Hall–Kier alpha value is -1.90. The molecule has 0 saturated carbocycles. The molecule has 1 aromatic carbocycles. The molecule has 0 N–H and O–H groups in total. The summed E-state index contributed by atoms with van der Waals surface area (Å²) in [7, 11) is 0. The molecular formula is C12H12N2O. The van der Waals surface area contributed by atoms with E-state index in [2.05, 4.69) is 12.0 Å². The molecule has 2 rings (SSSR count). The van der Waals surface area contributed by atoms with Crippen molar-refractivity contribution in [2.75, 3.05) is 0 Å². The van der Waals surface area contributed by atoms with Crippen molar-refractivity contribution in [3.8, 4) is 5.69 Å². The Morgan fingerprint density at radius 2 is 2.27 bits per heavy atom. The molecule has 0 aliphatic carbocycles. The number of aromatic nitrogens is 2. The van der Waals surface area contributed by atoms with E-state index >= 15 is 0 Å². The van der Waals surface area contributed by atoms with Crippen molar-refractivity contribution in [1.29, 1.82) is 0 Å². The highest BCUT2D eigenvalue weighted by atomic mass is 16.1. The second-order valence-electron chi connectivity index (χ2n) is 3.28. The van der Waals surface area contributed by atoms with Crippen LogP contribution in [-0.4, -0.2) is 16.1 Å². The van der Waals surface area contributed by atoms with Crippen molar-refractivity contribution in [3.05, 3.63) is 47.8 Å². The van der Waals surface area contributed by atoms with Gasteiger partial charge in [-0.2, -0.15) is 5.10 Å². The molecule has 0 aliphatic heterocycles. The molecular weight excluding hydrogens is 188 g/mol. The Morgan fingerprint density at radius 1 is 1.40 bits per heavy atom. The van der Waals surface area contributed by atoms with Crippen LogP contribution in [0.15, 0.2) is 36.7 Å². The first kappa shape index (κ1) is 9.65. The fraction of sp³-hybridized carbons (Fsp3) is 0.167. The molecule has 0 amide bonds. The highest BCUT2D eigenvalue weighted by Crippen LogP contribution is 2.18. The lowest BCUT2D eigenvalue weighted by Crippen LogP contribution is -2.03. The lowest BCUT2D eigenvalue weighted by Gasteiger charge is -2.09. The Morgan fingerprint density at radius 3 is 2.87 bits per heavy atom. The zero-order valence-corrected chi connectivity index (χ0v) is 8.55. The number of para-hydroxylation sites is 1. The maximum Gasteiger partial charge on any atom is 0.152 e. The van der Waals surface area contributed by atoms with Crippen molar-refractivity contribution < 1.29 is 4.79 Å². The van der Waals surface area contributed by atoms with Crippen molar-refractivity contribution in [1.82, 2.24) is 9.78 Å². The maximum absolute atomic E-state index is 10.9. The molecule has 0 radical (unpaired) electrons. The van der Waals surface area contributed by atoms with E-state index in [4.69, 9.17) is 0 Å². The Balaban J connectivity index is 2.66. The number of aryl methyl sites for hydroxylation is 1. The first-order valence-corrected chi connectivity index (χ1v) is 4.94. The quantitative estimate of drug-likeness (QED) is 0.712. The fourth-order valence-corrected chi connectivity index (χ4v) is 1.67. The zero-order chi connectivity index (χ0) is 10.7. The van der Waals surface area contributed by atoms with Crippen LogP contribution < -0.4 is 0 Å². The lowest BCUT2D eigenvalue weighted by atomic mass is 10.1. The van der Waals surface area contributed by atoms with Crippen LogP contribution in [-0.2, 0) is 6.42 Å². The zero-order valence-electron chi connectivity index (χ0n) is 8.55. The lowest BCUT2D eigenvalue weighted by molar-refractivity contribution is 0.112. The summed E-state index contributed by atoms with van der Waals surface area (Å²) in [6, 6.07) is 7.57. The van der Waals surface area contributed by atoms with E-state index in [1.807, 2.05) is 30.5 Å². The molecule has 0 aliphatic rings. The minimum atomic E-state index is 0.679. The molecule has 76 valence electrons. The van der Waals surface area contributed by atoms with Gasteiger partial charge in [0, 0.05) is 18.0 Å². The first-order chi connectivity index (χ1) is 7.36. The van der Waals surface area contributed by atoms with Crippen LogP contribution in [0.4, 0.5) is 0 Å². The summed E-state index contributed by atoms with van der Waals surface area (Å²) in [5.74, 6) is 0. The van der Waals surface area contributed by atoms with E-state index in [0.29, 0.717) is 5.56 Å². The maximum atomic E-state index is 10.9. The Labute approximate surface area is 88.4 Å². The summed E-state index contributed by atoms with van der Waals surface area (Å²) >= 11 is 0. The van der Waals surface area contributed by atoms with Crippen molar-refractivity contribution in [2.24, 2.45) is 0 Å². The number of benzene rings is 1. The van der Waals surface area contributed by atoms with Crippen LogP contribution in [0, 0.1) is 0 Å². The predicted octanol–water partition coefficient (Wildman–Crippen LogP) is 2.25. The molecule has 0 spiro atoms. The molecule has 1 aromatic heterocycles. The molecule has 0 atom stereocenters. The Bertz CT molecular complexity index is 460. The molecule has 3 nitrogen and oxygen atoms in total. The van der Waals surface area contributed by atoms with Gasteiger partial charge in [-0.1, -0.05) is 19.1 Å². The minimum absolute atomic E-state index is 0.679. The van der Waals surface area contributed by atoms with Gasteiger partial charge in [-0.05, 0) is 24.1 Å². The van der Waals surface area contributed by atoms with Gasteiger partial charge in [0.15, 0.2) is 6.29 Å². The van der Waals surface area contributed by atoms with Crippen LogP contribution in [0.5, 0.6) is 0 Å². The predicted molar refractivity (Wildman–Crippen MR) is 58.3 cm³/mol. The fourth-order valence-electron chi connectivity index (χ4n) is 1.67. The van der Waals surface area contributed by atoms with Gasteiger partial charge in [-0.25, -0.2) is 4.68 Å². The number of aldehydes is 1. The molecule has 0 bridgehead atoms. The van der Waals surface area contributed by atoms with Gasteiger partial charge < -0.3 is 0 Å². The minimum Gasteiger partial charge on any atom is -0.298 e. The van der Waals surface area contributed by atoms with E-state index in [0.717, 1.165) is 24.0 Å². The third-order valence-electron chi connectivity index (χ3n) is 2.39. The smallest absolute Gasteiger partial charge is 0.152 e. The van der Waals surface area contributed by atoms with Crippen LogP contribution in [0.2, 0.25) is 0 Å². The second-order valence-corrected chi connectivity index (χ2v) is 3.28. The molecule has 0 fully saturated rings. The average Bonchev–Trinajstić information content (AvgIpc) is 2.81. The van der Waals surface area contributed by atoms with E-state index in [1.165, 1.54) is 0 Å². The van der Waals surface area contributed by atoms with Crippen molar-refractivity contribution in [3.63, 3.8) is 0 Å². The highest BCUT2D eigenvalue weighted by Gasteiger charge is 2.08. The summed E-state index contributed by atoms with van der Waals surface area (Å²) in [6.07, 6.45) is 5.32. The number of rotatable bonds is 3. The van der Waals surface area contributed by atoms with E-state index in [-0.39, 0.29) is 0 Å². The topological polar surface area (TPSA) is 34.9 Å². The van der Waals surface area contributed by atoms with Gasteiger partial charge in [-0.15, -0.1) is 0 Å². The molecule has 0 saturated heterocycles.